The lowest BCUT2D eigenvalue weighted by molar-refractivity contribution is 0.0995. The van der Waals surface area contributed by atoms with Gasteiger partial charge in [-0.2, -0.15) is 0 Å². The minimum absolute atomic E-state index is 0.117. The Morgan fingerprint density at radius 1 is 1.41 bits per heavy atom. The van der Waals surface area contributed by atoms with Gasteiger partial charge in [-0.3, -0.25) is 4.79 Å². The van der Waals surface area contributed by atoms with Gasteiger partial charge in [-0.1, -0.05) is 20.8 Å². The molecule has 0 atom stereocenters. The second-order valence-corrected chi connectivity index (χ2v) is 5.39. The number of carbonyl (C=O) groups is 1. The van der Waals surface area contributed by atoms with Gasteiger partial charge in [0, 0.05) is 13.6 Å². The Kier molecular flexibility index (Phi) is 3.60. The molecule has 5 heteroatoms. The van der Waals surface area contributed by atoms with E-state index in [1.54, 1.807) is 6.07 Å². The van der Waals surface area contributed by atoms with Crippen molar-refractivity contribution in [1.82, 2.24) is 4.98 Å². The van der Waals surface area contributed by atoms with E-state index in [-0.39, 0.29) is 11.1 Å². The molecule has 94 valence electrons. The largest absolute Gasteiger partial charge is 0.396 e. The van der Waals surface area contributed by atoms with Gasteiger partial charge < -0.3 is 16.4 Å². The Morgan fingerprint density at radius 3 is 2.47 bits per heavy atom. The molecule has 1 heterocycles. The van der Waals surface area contributed by atoms with E-state index in [4.69, 9.17) is 11.5 Å². The van der Waals surface area contributed by atoms with Crippen LogP contribution in [0.5, 0.6) is 0 Å². The average Bonchev–Trinajstić information content (AvgIpc) is 2.14. The Labute approximate surface area is 102 Å². The monoisotopic (exact) mass is 236 g/mol. The van der Waals surface area contributed by atoms with Gasteiger partial charge in [0.15, 0.2) is 5.82 Å². The van der Waals surface area contributed by atoms with Gasteiger partial charge >= 0.3 is 0 Å². The number of nitrogen functional groups attached to an aromatic ring is 1. The highest BCUT2D eigenvalue weighted by Crippen LogP contribution is 2.23. The molecule has 0 saturated heterocycles. The fourth-order valence-corrected chi connectivity index (χ4v) is 1.69. The first-order valence-electron chi connectivity index (χ1n) is 5.48. The highest BCUT2D eigenvalue weighted by atomic mass is 16.1. The molecule has 5 nitrogen and oxygen atoms in total. The number of nitrogens with two attached hydrogens (primary N) is 2. The molecule has 0 aliphatic heterocycles. The van der Waals surface area contributed by atoms with E-state index in [1.165, 1.54) is 6.07 Å². The molecule has 1 rings (SSSR count). The van der Waals surface area contributed by atoms with E-state index < -0.39 is 5.91 Å². The van der Waals surface area contributed by atoms with Gasteiger partial charge in [-0.25, -0.2) is 4.98 Å². The molecule has 1 aromatic heterocycles. The first kappa shape index (κ1) is 13.3. The summed E-state index contributed by atoms with van der Waals surface area (Å²) in [5.74, 6) is 0.0478. The maximum atomic E-state index is 11.1. The highest BCUT2D eigenvalue weighted by Gasteiger charge is 2.17. The molecular weight excluding hydrogens is 216 g/mol. The standard InChI is InChI=1S/C12H20N4O/c1-12(2,3)7-16(4)11-8(13)5-6-9(15-11)10(14)17/h5-6H,7,13H2,1-4H3,(H2,14,17). The zero-order valence-corrected chi connectivity index (χ0v) is 10.8. The van der Waals surface area contributed by atoms with Crippen molar-refractivity contribution in [3.8, 4) is 0 Å². The number of primary amides is 1. The molecule has 0 spiro atoms. The van der Waals surface area contributed by atoms with Crippen molar-refractivity contribution in [2.24, 2.45) is 11.1 Å². The van der Waals surface area contributed by atoms with Gasteiger partial charge in [0.25, 0.3) is 5.91 Å². The number of carbonyl (C=O) groups excluding carboxylic acids is 1. The van der Waals surface area contributed by atoms with Crippen molar-refractivity contribution in [2.45, 2.75) is 20.8 Å². The molecule has 0 fully saturated rings. The lowest BCUT2D eigenvalue weighted by Crippen LogP contribution is -2.31. The molecule has 0 saturated carbocycles. The predicted molar refractivity (Wildman–Crippen MR) is 69.9 cm³/mol. The van der Waals surface area contributed by atoms with Gasteiger partial charge in [0.1, 0.15) is 5.69 Å². The Hall–Kier alpha value is -1.78. The van der Waals surface area contributed by atoms with Crippen molar-refractivity contribution in [1.29, 1.82) is 0 Å². The van der Waals surface area contributed by atoms with Crippen molar-refractivity contribution in [3.05, 3.63) is 17.8 Å². The average molecular weight is 236 g/mol. The van der Waals surface area contributed by atoms with Crippen molar-refractivity contribution >= 4 is 17.4 Å². The lowest BCUT2D eigenvalue weighted by Gasteiger charge is -2.28. The second kappa shape index (κ2) is 4.61. The number of hydrogen-bond acceptors (Lipinski definition) is 4. The van der Waals surface area contributed by atoms with Crippen LogP contribution in [0.4, 0.5) is 11.5 Å². The normalized spacial score (nSPS) is 11.3. The summed E-state index contributed by atoms with van der Waals surface area (Å²) in [6.45, 7) is 7.15. The van der Waals surface area contributed by atoms with Crippen molar-refractivity contribution in [3.63, 3.8) is 0 Å². The number of nitrogens with zero attached hydrogens (tertiary/aromatic N) is 2. The van der Waals surface area contributed by atoms with Crippen LogP contribution >= 0.6 is 0 Å². The number of aromatic nitrogens is 1. The van der Waals surface area contributed by atoms with Crippen molar-refractivity contribution < 1.29 is 4.79 Å². The van der Waals surface area contributed by atoms with Crippen LogP contribution in [0.1, 0.15) is 31.3 Å². The summed E-state index contributed by atoms with van der Waals surface area (Å²) < 4.78 is 0. The summed E-state index contributed by atoms with van der Waals surface area (Å²) in [6.07, 6.45) is 0. The van der Waals surface area contributed by atoms with Crippen LogP contribution in [-0.2, 0) is 0 Å². The maximum Gasteiger partial charge on any atom is 0.267 e. The number of rotatable bonds is 3. The summed E-state index contributed by atoms with van der Waals surface area (Å²) in [5.41, 5.74) is 11.9. The molecule has 0 radical (unpaired) electrons. The smallest absolute Gasteiger partial charge is 0.267 e. The second-order valence-electron chi connectivity index (χ2n) is 5.39. The fourth-order valence-electron chi connectivity index (χ4n) is 1.69. The van der Waals surface area contributed by atoms with Crippen LogP contribution in [0.25, 0.3) is 0 Å². The molecule has 17 heavy (non-hydrogen) atoms. The molecule has 0 bridgehead atoms. The van der Waals surface area contributed by atoms with E-state index >= 15 is 0 Å². The molecule has 0 aromatic carbocycles. The zero-order chi connectivity index (χ0) is 13.2. The van der Waals surface area contributed by atoms with Crippen LogP contribution < -0.4 is 16.4 Å². The summed E-state index contributed by atoms with van der Waals surface area (Å²) in [6, 6.07) is 3.19. The van der Waals surface area contributed by atoms with Gasteiger partial charge in [0.05, 0.1) is 5.69 Å². The highest BCUT2D eigenvalue weighted by molar-refractivity contribution is 5.91. The van der Waals surface area contributed by atoms with Gasteiger partial charge in [-0.15, -0.1) is 0 Å². The first-order valence-corrected chi connectivity index (χ1v) is 5.48. The third-order valence-electron chi connectivity index (χ3n) is 2.23. The number of pyridine rings is 1. The topological polar surface area (TPSA) is 85.2 Å². The van der Waals surface area contributed by atoms with E-state index in [0.717, 1.165) is 6.54 Å². The van der Waals surface area contributed by atoms with Crippen LogP contribution in [-0.4, -0.2) is 24.5 Å². The molecule has 1 amide bonds. The van der Waals surface area contributed by atoms with E-state index in [2.05, 4.69) is 25.8 Å². The predicted octanol–water partition coefficient (Wildman–Crippen LogP) is 1.24. The Bertz CT molecular complexity index is 423. The van der Waals surface area contributed by atoms with Crippen LogP contribution in [0.2, 0.25) is 0 Å². The van der Waals surface area contributed by atoms with Crippen molar-refractivity contribution in [2.75, 3.05) is 24.2 Å². The first-order chi connectivity index (χ1) is 7.70. The molecule has 0 unspecified atom stereocenters. The lowest BCUT2D eigenvalue weighted by atomic mass is 9.96. The van der Waals surface area contributed by atoms with Crippen LogP contribution in [0.3, 0.4) is 0 Å². The van der Waals surface area contributed by atoms with Gasteiger partial charge in [-0.05, 0) is 17.5 Å². The van der Waals surface area contributed by atoms with E-state index in [0.29, 0.717) is 11.5 Å². The Balaban J connectivity index is 3.04. The summed E-state index contributed by atoms with van der Waals surface area (Å²) >= 11 is 0. The Morgan fingerprint density at radius 2 is 2.00 bits per heavy atom. The molecule has 1 aromatic rings. The molecule has 0 aliphatic carbocycles. The third kappa shape index (κ3) is 3.62. The van der Waals surface area contributed by atoms with E-state index in [9.17, 15) is 4.79 Å². The molecule has 4 N–H and O–H groups in total. The number of amides is 1. The summed E-state index contributed by atoms with van der Waals surface area (Å²) in [7, 11) is 1.90. The van der Waals surface area contributed by atoms with Crippen LogP contribution in [0.15, 0.2) is 12.1 Å². The zero-order valence-electron chi connectivity index (χ0n) is 10.8. The third-order valence-corrected chi connectivity index (χ3v) is 2.23. The maximum absolute atomic E-state index is 11.1. The molecular formula is C12H20N4O. The quantitative estimate of drug-likeness (QED) is 0.827. The molecule has 0 aliphatic rings. The number of hydrogen-bond donors (Lipinski definition) is 2. The summed E-state index contributed by atoms with van der Waals surface area (Å²) in [5, 5.41) is 0. The minimum Gasteiger partial charge on any atom is -0.396 e. The van der Waals surface area contributed by atoms with Gasteiger partial charge in [0.2, 0.25) is 0 Å². The number of anilines is 2. The SMILES string of the molecule is CN(CC(C)(C)C)c1nc(C(N)=O)ccc1N. The fraction of sp³-hybridized carbons (Fsp3) is 0.500. The van der Waals surface area contributed by atoms with E-state index in [1.807, 2.05) is 11.9 Å². The van der Waals surface area contributed by atoms with Crippen LogP contribution in [0, 0.1) is 5.41 Å². The minimum atomic E-state index is -0.546. The summed E-state index contributed by atoms with van der Waals surface area (Å²) in [4.78, 5) is 17.2.